The Balaban J connectivity index is 0.000000251. The fraction of sp³-hybridized carbons (Fsp3) is 0.381. The molecule has 4 nitrogen and oxygen atoms in total. The molecule has 0 unspecified atom stereocenters. The second-order valence-corrected chi connectivity index (χ2v) is 6.79. The molecule has 0 saturated heterocycles. The maximum Gasteiger partial charge on any atom is 0.320 e. The average molecular weight is 342 g/mol. The number of nitrogen functional groups attached to an aromatic ring is 1. The van der Waals surface area contributed by atoms with Gasteiger partial charge in [0.2, 0.25) is 0 Å². The number of hydrogen-bond acceptors (Lipinski definition) is 3. The van der Waals surface area contributed by atoms with Crippen molar-refractivity contribution in [1.29, 1.82) is 0 Å². The van der Waals surface area contributed by atoms with Crippen LogP contribution in [0, 0.1) is 0 Å². The molecule has 0 aliphatic heterocycles. The molecule has 4 heteroatoms. The zero-order valence-electron chi connectivity index (χ0n) is 15.6. The second kappa shape index (κ2) is 9.84. The van der Waals surface area contributed by atoms with Gasteiger partial charge < -0.3 is 16.6 Å². The molecular formula is C21H30N2O2. The van der Waals surface area contributed by atoms with E-state index in [9.17, 15) is 4.79 Å². The average Bonchev–Trinajstić information content (AvgIpc) is 2.56. The predicted octanol–water partition coefficient (Wildman–Crippen LogP) is 4.16. The summed E-state index contributed by atoms with van der Waals surface area (Å²) < 4.78 is 0. The molecule has 0 aliphatic rings. The maximum absolute atomic E-state index is 10.4. The molecule has 0 aliphatic carbocycles. The van der Waals surface area contributed by atoms with Gasteiger partial charge in [-0.2, -0.15) is 0 Å². The highest BCUT2D eigenvalue weighted by Crippen LogP contribution is 2.29. The Morgan fingerprint density at radius 1 is 0.920 bits per heavy atom. The number of aliphatic carboxylic acids is 1. The van der Waals surface area contributed by atoms with E-state index in [1.54, 1.807) is 0 Å². The number of hydrogen-bond donors (Lipinski definition) is 3. The van der Waals surface area contributed by atoms with Crippen LogP contribution in [0.15, 0.2) is 48.5 Å². The normalized spacial score (nSPS) is 11.8. The number of carboxylic acids is 1. The van der Waals surface area contributed by atoms with Crippen LogP contribution in [0.3, 0.4) is 0 Å². The highest BCUT2D eigenvalue weighted by atomic mass is 16.4. The van der Waals surface area contributed by atoms with E-state index in [1.807, 2.05) is 30.3 Å². The number of carbonyl (C=O) groups is 1. The zero-order chi connectivity index (χ0) is 19.0. The van der Waals surface area contributed by atoms with Crippen LogP contribution in [0.5, 0.6) is 0 Å². The molecule has 0 aromatic heterocycles. The summed E-state index contributed by atoms with van der Waals surface area (Å²) in [5.74, 6) is 0.0660. The van der Waals surface area contributed by atoms with E-state index in [0.29, 0.717) is 18.3 Å². The molecule has 1 atom stereocenters. The van der Waals surface area contributed by atoms with Gasteiger partial charge in [0, 0.05) is 5.69 Å². The van der Waals surface area contributed by atoms with Crippen LogP contribution in [-0.2, 0) is 11.2 Å². The molecule has 2 aromatic carbocycles. The third kappa shape index (κ3) is 6.59. The van der Waals surface area contributed by atoms with Crippen molar-refractivity contribution in [3.8, 4) is 0 Å². The minimum atomic E-state index is -0.959. The van der Waals surface area contributed by atoms with Gasteiger partial charge in [-0.15, -0.1) is 0 Å². The number of benzene rings is 2. The van der Waals surface area contributed by atoms with Gasteiger partial charge in [0.1, 0.15) is 6.04 Å². The summed E-state index contributed by atoms with van der Waals surface area (Å²) in [6, 6.07) is 14.9. The summed E-state index contributed by atoms with van der Waals surface area (Å²) >= 11 is 0. The van der Waals surface area contributed by atoms with Gasteiger partial charge >= 0.3 is 5.97 Å². The topological polar surface area (TPSA) is 89.3 Å². The quantitative estimate of drug-likeness (QED) is 0.712. The van der Waals surface area contributed by atoms with Gasteiger partial charge in [0.05, 0.1) is 0 Å². The first kappa shape index (κ1) is 20.7. The molecule has 2 rings (SSSR count). The third-order valence-electron chi connectivity index (χ3n) is 4.03. The molecule has 5 N–H and O–H groups in total. The third-order valence-corrected chi connectivity index (χ3v) is 4.03. The minimum absolute atomic E-state index is 0.385. The Kier molecular flexibility index (Phi) is 8.16. The number of anilines is 1. The van der Waals surface area contributed by atoms with Gasteiger partial charge in [-0.3, -0.25) is 4.79 Å². The Bertz CT molecular complexity index is 641. The monoisotopic (exact) mass is 342 g/mol. The van der Waals surface area contributed by atoms with Crippen LogP contribution in [-0.4, -0.2) is 17.1 Å². The van der Waals surface area contributed by atoms with E-state index in [-0.39, 0.29) is 0 Å². The van der Waals surface area contributed by atoms with Crippen LogP contribution in [0.4, 0.5) is 5.69 Å². The zero-order valence-corrected chi connectivity index (χ0v) is 15.6. The summed E-state index contributed by atoms with van der Waals surface area (Å²) in [6.45, 7) is 8.71. The summed E-state index contributed by atoms with van der Waals surface area (Å²) in [4.78, 5) is 10.4. The van der Waals surface area contributed by atoms with E-state index < -0.39 is 12.0 Å². The molecule has 0 amide bonds. The van der Waals surface area contributed by atoms with E-state index >= 15 is 0 Å². The first-order valence-electron chi connectivity index (χ1n) is 8.64. The number of carboxylic acid groups (broad SMARTS) is 1. The van der Waals surface area contributed by atoms with Crippen LogP contribution in [0.25, 0.3) is 0 Å². The highest BCUT2D eigenvalue weighted by molar-refractivity contribution is 5.73. The largest absolute Gasteiger partial charge is 0.480 e. The first-order valence-corrected chi connectivity index (χ1v) is 8.64. The number of rotatable bonds is 5. The lowest BCUT2D eigenvalue weighted by atomic mass is 9.93. The van der Waals surface area contributed by atoms with Crippen molar-refractivity contribution < 1.29 is 9.90 Å². The fourth-order valence-corrected chi connectivity index (χ4v) is 2.56. The number of para-hydroxylation sites is 1. The Labute approximate surface area is 150 Å². The van der Waals surface area contributed by atoms with Crippen LogP contribution >= 0.6 is 0 Å². The molecule has 136 valence electrons. The van der Waals surface area contributed by atoms with Crippen LogP contribution in [0.1, 0.15) is 56.2 Å². The molecule has 0 spiro atoms. The molecule has 0 saturated carbocycles. The second-order valence-electron chi connectivity index (χ2n) is 6.79. The fourth-order valence-electron chi connectivity index (χ4n) is 2.56. The summed E-state index contributed by atoms with van der Waals surface area (Å²) in [6.07, 6.45) is 0.385. The van der Waals surface area contributed by atoms with Crippen molar-refractivity contribution >= 4 is 11.7 Å². The minimum Gasteiger partial charge on any atom is -0.480 e. The van der Waals surface area contributed by atoms with Crippen molar-refractivity contribution in [1.82, 2.24) is 0 Å². The Morgan fingerprint density at radius 3 is 1.80 bits per heavy atom. The molecule has 2 aromatic rings. The lowest BCUT2D eigenvalue weighted by Gasteiger charge is -2.15. The molecule has 25 heavy (non-hydrogen) atoms. The lowest BCUT2D eigenvalue weighted by molar-refractivity contribution is -0.138. The van der Waals surface area contributed by atoms with Crippen molar-refractivity contribution in [2.24, 2.45) is 5.73 Å². The van der Waals surface area contributed by atoms with E-state index in [0.717, 1.165) is 11.3 Å². The molecule has 0 bridgehead atoms. The first-order chi connectivity index (χ1) is 11.7. The molecule has 0 radical (unpaired) electrons. The maximum atomic E-state index is 10.4. The van der Waals surface area contributed by atoms with E-state index in [4.69, 9.17) is 16.6 Å². The van der Waals surface area contributed by atoms with Gasteiger partial charge in [-0.25, -0.2) is 0 Å². The van der Waals surface area contributed by atoms with Crippen molar-refractivity contribution in [3.05, 3.63) is 65.2 Å². The van der Waals surface area contributed by atoms with Gasteiger partial charge in [0.25, 0.3) is 0 Å². The van der Waals surface area contributed by atoms with E-state index in [2.05, 4.69) is 45.9 Å². The van der Waals surface area contributed by atoms with E-state index in [1.165, 1.54) is 11.1 Å². The predicted molar refractivity (Wildman–Crippen MR) is 105 cm³/mol. The van der Waals surface area contributed by atoms with Crippen molar-refractivity contribution in [2.75, 3.05) is 5.73 Å². The van der Waals surface area contributed by atoms with Gasteiger partial charge in [-0.05, 0) is 34.9 Å². The standard InChI is InChI=1S/C12H19N.C9H11NO2/c1-8(2)10-6-5-7-11(9(3)4)12(10)13;10-8(9(11)12)6-7-4-2-1-3-5-7/h5-9H,13H2,1-4H3;1-5,8H,6,10H2,(H,11,12)/t;8-/m.0/s1. The molecular weight excluding hydrogens is 312 g/mol. The highest BCUT2D eigenvalue weighted by Gasteiger charge is 2.11. The Hall–Kier alpha value is -2.33. The van der Waals surface area contributed by atoms with Crippen LogP contribution < -0.4 is 11.5 Å². The number of nitrogens with two attached hydrogens (primary N) is 2. The summed E-state index contributed by atoms with van der Waals surface area (Å²) in [7, 11) is 0. The van der Waals surface area contributed by atoms with Crippen molar-refractivity contribution in [2.45, 2.75) is 52.0 Å². The smallest absolute Gasteiger partial charge is 0.320 e. The molecule has 0 fully saturated rings. The van der Waals surface area contributed by atoms with Crippen LogP contribution in [0.2, 0.25) is 0 Å². The summed E-state index contributed by atoms with van der Waals surface area (Å²) in [5.41, 5.74) is 15.9. The van der Waals surface area contributed by atoms with Gasteiger partial charge in [0.15, 0.2) is 0 Å². The van der Waals surface area contributed by atoms with Gasteiger partial charge in [-0.1, -0.05) is 76.2 Å². The lowest BCUT2D eigenvalue weighted by Crippen LogP contribution is -2.32. The Morgan fingerprint density at radius 2 is 1.40 bits per heavy atom. The summed E-state index contributed by atoms with van der Waals surface area (Å²) in [5, 5.41) is 8.52. The molecule has 0 heterocycles. The van der Waals surface area contributed by atoms with Crippen molar-refractivity contribution in [3.63, 3.8) is 0 Å². The SMILES string of the molecule is CC(C)c1cccc(C(C)C)c1N.N[C@@H](Cc1ccccc1)C(=O)O.